The van der Waals surface area contributed by atoms with Crippen LogP contribution in [-0.2, 0) is 9.09 Å². The summed E-state index contributed by atoms with van der Waals surface area (Å²) >= 11 is 3.74. The lowest BCUT2D eigenvalue weighted by molar-refractivity contribution is -0.342. The Morgan fingerprint density at radius 3 is 2.69 bits per heavy atom. The number of thiol groups is 1. The molecule has 0 aromatic carbocycles. The summed E-state index contributed by atoms with van der Waals surface area (Å²) in [7, 11) is -4.92. The van der Waals surface area contributed by atoms with E-state index in [9.17, 15) is 14.4 Å². The van der Waals surface area contributed by atoms with Crippen molar-refractivity contribution in [2.24, 2.45) is 5.73 Å². The standard InChI is InChI=1S/C5H15N2O4PS/c6-2-1-3-7-4-5(13)11-12(8,9)10/h5,7,13H,1-4,6H2,(H2,8,9,10)/p-2. The van der Waals surface area contributed by atoms with Gasteiger partial charge in [-0.3, -0.25) is 0 Å². The minimum atomic E-state index is -4.92. The highest BCUT2D eigenvalue weighted by Crippen LogP contribution is 2.27. The van der Waals surface area contributed by atoms with Crippen LogP contribution in [0.25, 0.3) is 0 Å². The first-order chi connectivity index (χ1) is 5.95. The van der Waals surface area contributed by atoms with E-state index in [-0.39, 0.29) is 6.54 Å². The molecule has 0 fully saturated rings. The van der Waals surface area contributed by atoms with Crippen molar-refractivity contribution >= 4 is 20.5 Å². The van der Waals surface area contributed by atoms with E-state index >= 15 is 0 Å². The van der Waals surface area contributed by atoms with Crippen LogP contribution in [0.4, 0.5) is 0 Å². The second-order valence-electron chi connectivity index (χ2n) is 2.35. The molecule has 0 saturated heterocycles. The van der Waals surface area contributed by atoms with Gasteiger partial charge in [0.25, 0.3) is 0 Å². The van der Waals surface area contributed by atoms with Gasteiger partial charge in [0.05, 0.1) is 7.82 Å². The molecule has 0 spiro atoms. The number of phosphoric acid groups is 1. The van der Waals surface area contributed by atoms with E-state index < -0.39 is 13.3 Å². The highest BCUT2D eigenvalue weighted by Gasteiger charge is 2.03. The average Bonchev–Trinajstić information content (AvgIpc) is 1.94. The number of nitrogens with one attached hydrogen (secondary N) is 1. The number of nitrogens with two attached hydrogens (primary N) is 1. The average molecular weight is 228 g/mol. The molecule has 0 bridgehead atoms. The lowest BCUT2D eigenvalue weighted by Crippen LogP contribution is -2.29. The Balaban J connectivity index is 3.41. The van der Waals surface area contributed by atoms with Gasteiger partial charge < -0.3 is 29.9 Å². The maximum Gasteiger partial charge on any atom is 0.118 e. The zero-order valence-corrected chi connectivity index (χ0v) is 8.80. The number of phosphoric ester groups is 1. The van der Waals surface area contributed by atoms with Crippen LogP contribution in [0.3, 0.4) is 0 Å². The van der Waals surface area contributed by atoms with Crippen LogP contribution in [0, 0.1) is 0 Å². The first kappa shape index (κ1) is 13.4. The topological polar surface area (TPSA) is 110 Å². The van der Waals surface area contributed by atoms with Gasteiger partial charge >= 0.3 is 0 Å². The van der Waals surface area contributed by atoms with Crippen molar-refractivity contribution < 1.29 is 18.9 Å². The van der Waals surface area contributed by atoms with Crippen LogP contribution in [0.2, 0.25) is 0 Å². The Labute approximate surface area is 82.5 Å². The van der Waals surface area contributed by atoms with Crippen LogP contribution in [-0.4, -0.2) is 25.1 Å². The Morgan fingerprint density at radius 2 is 2.23 bits per heavy atom. The fourth-order valence-electron chi connectivity index (χ4n) is 0.639. The molecule has 3 N–H and O–H groups in total. The molecule has 0 radical (unpaired) electrons. The summed E-state index contributed by atoms with van der Waals surface area (Å²) in [5.74, 6) is 0. The van der Waals surface area contributed by atoms with E-state index in [2.05, 4.69) is 22.5 Å². The zero-order valence-electron chi connectivity index (χ0n) is 7.01. The summed E-state index contributed by atoms with van der Waals surface area (Å²) in [5.41, 5.74) is 4.28. The number of hydrogen-bond acceptors (Lipinski definition) is 7. The minimum absolute atomic E-state index is 0.192. The predicted molar refractivity (Wildman–Crippen MR) is 48.0 cm³/mol. The Kier molecular flexibility index (Phi) is 6.98. The molecule has 1 atom stereocenters. The van der Waals surface area contributed by atoms with Crippen molar-refractivity contribution in [1.82, 2.24) is 5.32 Å². The molecule has 0 saturated carbocycles. The summed E-state index contributed by atoms with van der Waals surface area (Å²) in [5, 5.41) is 2.83. The molecule has 0 rings (SSSR count). The molecule has 0 aromatic heterocycles. The monoisotopic (exact) mass is 228 g/mol. The molecule has 0 heterocycles. The predicted octanol–water partition coefficient (Wildman–Crippen LogP) is -1.97. The van der Waals surface area contributed by atoms with E-state index in [1.165, 1.54) is 0 Å². The Bertz CT molecular complexity index is 176. The normalized spacial score (nSPS) is 14.5. The molecule has 6 nitrogen and oxygen atoms in total. The third kappa shape index (κ3) is 10.3. The molecule has 0 aliphatic heterocycles. The van der Waals surface area contributed by atoms with Crippen LogP contribution in [0.15, 0.2) is 0 Å². The smallest absolute Gasteiger partial charge is 0.118 e. The fraction of sp³-hybridized carbons (Fsp3) is 1.00. The summed E-state index contributed by atoms with van der Waals surface area (Å²) < 4.78 is 14.1. The second-order valence-corrected chi connectivity index (χ2v) is 4.03. The molecular formula is C5H13N2O4PS-2. The van der Waals surface area contributed by atoms with Gasteiger partial charge in [-0.05, 0) is 19.5 Å². The molecule has 0 aliphatic carbocycles. The SMILES string of the molecule is NCCCNCC(S)OP(=O)([O-])[O-]. The first-order valence-electron chi connectivity index (χ1n) is 3.75. The Morgan fingerprint density at radius 1 is 1.62 bits per heavy atom. The van der Waals surface area contributed by atoms with E-state index in [4.69, 9.17) is 5.73 Å². The lowest BCUT2D eigenvalue weighted by atomic mass is 10.4. The number of rotatable bonds is 7. The van der Waals surface area contributed by atoms with Gasteiger partial charge in [-0.2, -0.15) is 0 Å². The van der Waals surface area contributed by atoms with Gasteiger partial charge in [-0.25, -0.2) is 0 Å². The van der Waals surface area contributed by atoms with E-state index in [1.807, 2.05) is 0 Å². The maximum atomic E-state index is 10.1. The first-order valence-corrected chi connectivity index (χ1v) is 5.72. The van der Waals surface area contributed by atoms with Crippen molar-refractivity contribution in [3.8, 4) is 0 Å². The largest absolute Gasteiger partial charge is 0.790 e. The van der Waals surface area contributed by atoms with Crippen LogP contribution in [0.1, 0.15) is 6.42 Å². The summed E-state index contributed by atoms with van der Waals surface area (Å²) in [6, 6.07) is 0. The quantitative estimate of drug-likeness (QED) is 0.202. The van der Waals surface area contributed by atoms with Gasteiger partial charge in [0.2, 0.25) is 0 Å². The molecule has 0 amide bonds. The van der Waals surface area contributed by atoms with Crippen molar-refractivity contribution in [3.05, 3.63) is 0 Å². The molecule has 0 aliphatic rings. The lowest BCUT2D eigenvalue weighted by Gasteiger charge is -2.31. The second kappa shape index (κ2) is 6.78. The molecular weight excluding hydrogens is 215 g/mol. The number of hydrogen-bond donors (Lipinski definition) is 3. The van der Waals surface area contributed by atoms with Gasteiger partial charge in [0, 0.05) is 6.54 Å². The van der Waals surface area contributed by atoms with E-state index in [1.54, 1.807) is 0 Å². The van der Waals surface area contributed by atoms with Crippen LogP contribution < -0.4 is 20.8 Å². The van der Waals surface area contributed by atoms with Gasteiger partial charge in [0.1, 0.15) is 5.44 Å². The van der Waals surface area contributed by atoms with Crippen molar-refractivity contribution in [2.45, 2.75) is 11.9 Å². The maximum absolute atomic E-state index is 10.1. The molecule has 13 heavy (non-hydrogen) atoms. The van der Waals surface area contributed by atoms with Gasteiger partial charge in [0.15, 0.2) is 0 Å². The Hall–Kier alpha value is 0.380. The van der Waals surface area contributed by atoms with E-state index in [0.717, 1.165) is 6.42 Å². The van der Waals surface area contributed by atoms with Crippen molar-refractivity contribution in [1.29, 1.82) is 0 Å². The summed E-state index contributed by atoms with van der Waals surface area (Å²) in [6.45, 7) is 1.38. The van der Waals surface area contributed by atoms with Gasteiger partial charge in [-0.15, -0.1) is 12.6 Å². The van der Waals surface area contributed by atoms with Crippen molar-refractivity contribution in [2.75, 3.05) is 19.6 Å². The summed E-state index contributed by atoms with van der Waals surface area (Å²) in [6.07, 6.45) is 0.771. The third-order valence-electron chi connectivity index (χ3n) is 1.13. The summed E-state index contributed by atoms with van der Waals surface area (Å²) in [4.78, 5) is 20.2. The van der Waals surface area contributed by atoms with Crippen molar-refractivity contribution in [3.63, 3.8) is 0 Å². The molecule has 0 aromatic rings. The highest BCUT2D eigenvalue weighted by atomic mass is 32.1. The van der Waals surface area contributed by atoms with Crippen LogP contribution >= 0.6 is 20.5 Å². The molecule has 1 unspecified atom stereocenters. The van der Waals surface area contributed by atoms with Gasteiger partial charge in [-0.1, -0.05) is 0 Å². The van der Waals surface area contributed by atoms with Crippen LogP contribution in [0.5, 0.6) is 0 Å². The van der Waals surface area contributed by atoms with E-state index in [0.29, 0.717) is 13.1 Å². The fourth-order valence-corrected chi connectivity index (χ4v) is 1.49. The minimum Gasteiger partial charge on any atom is -0.790 e. The highest BCUT2D eigenvalue weighted by molar-refractivity contribution is 7.81. The third-order valence-corrected chi connectivity index (χ3v) is 2.09. The zero-order chi connectivity index (χ0) is 10.3. The molecule has 80 valence electrons. The molecule has 8 heteroatoms.